The highest BCUT2D eigenvalue weighted by atomic mass is 16.5. The predicted octanol–water partition coefficient (Wildman–Crippen LogP) is 3.69. The second-order valence-electron chi connectivity index (χ2n) is 6.24. The number of anilines is 1. The van der Waals surface area contributed by atoms with E-state index in [2.05, 4.69) is 10.3 Å². The van der Waals surface area contributed by atoms with E-state index in [0.29, 0.717) is 31.1 Å². The number of aromatic nitrogens is 1. The van der Waals surface area contributed by atoms with Crippen molar-refractivity contribution in [3.63, 3.8) is 0 Å². The van der Waals surface area contributed by atoms with E-state index in [0.717, 1.165) is 25.0 Å². The van der Waals surface area contributed by atoms with Crippen molar-refractivity contribution in [1.82, 2.24) is 9.88 Å². The molecule has 1 fully saturated rings. The van der Waals surface area contributed by atoms with Crippen molar-refractivity contribution in [3.8, 4) is 5.75 Å². The molecule has 2 heterocycles. The molecular formula is C20H25N3O3. The molecule has 1 atom stereocenters. The molecule has 0 saturated carbocycles. The first-order chi connectivity index (χ1) is 12.8. The summed E-state index contributed by atoms with van der Waals surface area (Å²) in [7, 11) is 0. The van der Waals surface area contributed by atoms with E-state index in [-0.39, 0.29) is 12.1 Å². The van der Waals surface area contributed by atoms with Crippen molar-refractivity contribution >= 4 is 11.7 Å². The number of urea groups is 1. The molecule has 1 aliphatic heterocycles. The summed E-state index contributed by atoms with van der Waals surface area (Å²) in [6, 6.07) is 11.2. The van der Waals surface area contributed by atoms with E-state index < -0.39 is 0 Å². The molecule has 3 rings (SSSR count). The Morgan fingerprint density at radius 2 is 2.12 bits per heavy atom. The maximum absolute atomic E-state index is 12.7. The van der Waals surface area contributed by atoms with Crippen LogP contribution in [0, 0.1) is 0 Å². The highest BCUT2D eigenvalue weighted by Gasteiger charge is 2.18. The van der Waals surface area contributed by atoms with Gasteiger partial charge in [-0.1, -0.05) is 12.1 Å². The largest absolute Gasteiger partial charge is 0.489 e. The number of pyridine rings is 1. The summed E-state index contributed by atoms with van der Waals surface area (Å²) in [5, 5.41) is 2.96. The molecule has 1 N–H and O–H groups in total. The molecule has 0 radical (unpaired) electrons. The van der Waals surface area contributed by atoms with Crippen LogP contribution in [0.2, 0.25) is 0 Å². The maximum atomic E-state index is 12.7. The fourth-order valence-corrected chi connectivity index (χ4v) is 2.88. The summed E-state index contributed by atoms with van der Waals surface area (Å²) in [5.74, 6) is 0.663. The van der Waals surface area contributed by atoms with Gasteiger partial charge in [0, 0.05) is 32.1 Å². The van der Waals surface area contributed by atoms with Crippen LogP contribution < -0.4 is 10.1 Å². The molecule has 2 aromatic rings. The number of benzene rings is 1. The third-order valence-corrected chi connectivity index (χ3v) is 4.37. The summed E-state index contributed by atoms with van der Waals surface area (Å²) in [6.07, 6.45) is 5.69. The highest BCUT2D eigenvalue weighted by molar-refractivity contribution is 5.90. The van der Waals surface area contributed by atoms with Gasteiger partial charge in [-0.15, -0.1) is 0 Å². The fourth-order valence-electron chi connectivity index (χ4n) is 2.88. The molecular weight excluding hydrogens is 330 g/mol. The molecule has 1 aliphatic rings. The number of nitrogens with zero attached hydrogens (tertiary/aromatic N) is 2. The number of carbonyl (C=O) groups is 1. The third kappa shape index (κ3) is 4.95. The van der Waals surface area contributed by atoms with E-state index >= 15 is 0 Å². The van der Waals surface area contributed by atoms with Crippen LogP contribution in [0.1, 0.15) is 25.3 Å². The van der Waals surface area contributed by atoms with E-state index in [1.165, 1.54) is 0 Å². The number of ether oxygens (including phenoxy) is 2. The summed E-state index contributed by atoms with van der Waals surface area (Å²) < 4.78 is 11.5. The molecule has 26 heavy (non-hydrogen) atoms. The maximum Gasteiger partial charge on any atom is 0.322 e. The van der Waals surface area contributed by atoms with Crippen molar-refractivity contribution in [2.45, 2.75) is 32.4 Å². The molecule has 0 spiro atoms. The molecule has 2 amide bonds. The molecule has 1 aromatic carbocycles. The summed E-state index contributed by atoms with van der Waals surface area (Å²) in [4.78, 5) is 18.4. The zero-order valence-corrected chi connectivity index (χ0v) is 15.1. The summed E-state index contributed by atoms with van der Waals surface area (Å²) in [6.45, 7) is 4.39. The Morgan fingerprint density at radius 3 is 2.85 bits per heavy atom. The van der Waals surface area contributed by atoms with Gasteiger partial charge in [-0.25, -0.2) is 4.79 Å². The van der Waals surface area contributed by atoms with Gasteiger partial charge < -0.3 is 19.7 Å². The molecule has 1 unspecified atom stereocenters. The first kappa shape index (κ1) is 18.2. The van der Waals surface area contributed by atoms with Gasteiger partial charge in [0.2, 0.25) is 0 Å². The number of para-hydroxylation sites is 2. The highest BCUT2D eigenvalue weighted by Crippen LogP contribution is 2.25. The lowest BCUT2D eigenvalue weighted by atomic mass is 10.2. The van der Waals surface area contributed by atoms with Gasteiger partial charge in [0.1, 0.15) is 12.4 Å². The molecule has 6 heteroatoms. The number of amides is 2. The minimum atomic E-state index is -0.155. The van der Waals surface area contributed by atoms with Gasteiger partial charge in [0.25, 0.3) is 0 Å². The Labute approximate surface area is 154 Å². The van der Waals surface area contributed by atoms with Crippen molar-refractivity contribution < 1.29 is 14.3 Å². The Bertz CT molecular complexity index is 702. The number of rotatable bonds is 7. The number of carbonyl (C=O) groups excluding carboxylic acids is 1. The minimum absolute atomic E-state index is 0.137. The third-order valence-electron chi connectivity index (χ3n) is 4.37. The smallest absolute Gasteiger partial charge is 0.322 e. The standard InChI is InChI=1S/C20H25N3O3/c1-2-23(14-16-9-11-21-12-10-16)20(24)22-18-7-3-4-8-19(18)26-15-17-6-5-13-25-17/h3-4,7-12,17H,2,5-6,13-15H2,1H3,(H,22,24). The van der Waals surface area contributed by atoms with E-state index in [9.17, 15) is 4.79 Å². The normalized spacial score (nSPS) is 16.3. The zero-order chi connectivity index (χ0) is 18.2. The van der Waals surface area contributed by atoms with Crippen LogP contribution in [0.25, 0.3) is 0 Å². The van der Waals surface area contributed by atoms with Crippen LogP contribution in [0.3, 0.4) is 0 Å². The lowest BCUT2D eigenvalue weighted by Gasteiger charge is -2.22. The number of hydrogen-bond acceptors (Lipinski definition) is 4. The van der Waals surface area contributed by atoms with Crippen LogP contribution in [0.15, 0.2) is 48.8 Å². The van der Waals surface area contributed by atoms with Gasteiger partial charge in [0.15, 0.2) is 0 Å². The second-order valence-corrected chi connectivity index (χ2v) is 6.24. The second kappa shape index (κ2) is 9.20. The Balaban J connectivity index is 1.62. The Morgan fingerprint density at radius 1 is 1.31 bits per heavy atom. The lowest BCUT2D eigenvalue weighted by molar-refractivity contribution is 0.0682. The van der Waals surface area contributed by atoms with E-state index in [1.54, 1.807) is 17.3 Å². The Hall–Kier alpha value is -2.60. The fraction of sp³-hybridized carbons (Fsp3) is 0.400. The first-order valence-electron chi connectivity index (χ1n) is 9.04. The van der Waals surface area contributed by atoms with Crippen LogP contribution in [0.5, 0.6) is 5.75 Å². The van der Waals surface area contributed by atoms with Gasteiger partial charge >= 0.3 is 6.03 Å². The molecule has 0 aliphatic carbocycles. The van der Waals surface area contributed by atoms with Crippen molar-refractivity contribution in [1.29, 1.82) is 0 Å². The average Bonchev–Trinajstić information content (AvgIpc) is 3.20. The van der Waals surface area contributed by atoms with Crippen molar-refractivity contribution in [2.24, 2.45) is 0 Å². The van der Waals surface area contributed by atoms with Gasteiger partial charge in [-0.3, -0.25) is 4.98 Å². The minimum Gasteiger partial charge on any atom is -0.489 e. The molecule has 1 saturated heterocycles. The van der Waals surface area contributed by atoms with Gasteiger partial charge in [0.05, 0.1) is 11.8 Å². The van der Waals surface area contributed by atoms with Gasteiger partial charge in [-0.05, 0) is 49.6 Å². The van der Waals surface area contributed by atoms with Crippen molar-refractivity contribution in [3.05, 3.63) is 54.4 Å². The lowest BCUT2D eigenvalue weighted by Crippen LogP contribution is -2.34. The van der Waals surface area contributed by atoms with Crippen LogP contribution in [-0.4, -0.2) is 41.8 Å². The summed E-state index contributed by atoms with van der Waals surface area (Å²) in [5.41, 5.74) is 1.71. The quantitative estimate of drug-likeness (QED) is 0.823. The summed E-state index contributed by atoms with van der Waals surface area (Å²) >= 11 is 0. The SMILES string of the molecule is CCN(Cc1ccncc1)C(=O)Nc1ccccc1OCC1CCCO1. The molecule has 0 bridgehead atoms. The number of nitrogens with one attached hydrogen (secondary N) is 1. The van der Waals surface area contributed by atoms with Crippen molar-refractivity contribution in [2.75, 3.05) is 25.1 Å². The molecule has 1 aromatic heterocycles. The zero-order valence-electron chi connectivity index (χ0n) is 15.1. The molecule has 6 nitrogen and oxygen atoms in total. The van der Waals surface area contributed by atoms with Crippen LogP contribution in [-0.2, 0) is 11.3 Å². The average molecular weight is 355 g/mol. The first-order valence-corrected chi connectivity index (χ1v) is 9.04. The van der Waals surface area contributed by atoms with Crippen LogP contribution in [0.4, 0.5) is 10.5 Å². The van der Waals surface area contributed by atoms with Gasteiger partial charge in [-0.2, -0.15) is 0 Å². The Kier molecular flexibility index (Phi) is 6.44. The van der Waals surface area contributed by atoms with E-state index in [4.69, 9.17) is 9.47 Å². The monoisotopic (exact) mass is 355 g/mol. The van der Waals surface area contributed by atoms with E-state index in [1.807, 2.05) is 43.3 Å². The topological polar surface area (TPSA) is 63.7 Å². The molecule has 138 valence electrons. The van der Waals surface area contributed by atoms with Crippen LogP contribution >= 0.6 is 0 Å². The number of hydrogen-bond donors (Lipinski definition) is 1. The predicted molar refractivity (Wildman–Crippen MR) is 100 cm³/mol.